The lowest BCUT2D eigenvalue weighted by Crippen LogP contribution is -2.35. The molecule has 6 nitrogen and oxygen atoms in total. The van der Waals surface area contributed by atoms with Crippen molar-refractivity contribution in [3.8, 4) is 0 Å². The number of fused-ring (bicyclic) bond motifs is 1. The van der Waals surface area contributed by atoms with Gasteiger partial charge in [0, 0.05) is 6.54 Å². The number of nitrogens with one attached hydrogen (secondary N) is 2. The van der Waals surface area contributed by atoms with E-state index < -0.39 is 0 Å². The first-order valence-electron chi connectivity index (χ1n) is 6.38. The van der Waals surface area contributed by atoms with E-state index in [1.54, 1.807) is 11.8 Å². The van der Waals surface area contributed by atoms with Crippen LogP contribution < -0.4 is 20.7 Å². The Kier molecular flexibility index (Phi) is 5.38. The molecule has 1 aliphatic heterocycles. The molecule has 2 heterocycles. The second-order valence-electron chi connectivity index (χ2n) is 4.61. The Morgan fingerprint density at radius 1 is 1.55 bits per heavy atom. The maximum Gasteiger partial charge on any atom is 0.280 e. The van der Waals surface area contributed by atoms with Crippen molar-refractivity contribution in [3.05, 3.63) is 15.0 Å². The molecule has 2 rings (SSSR count). The fourth-order valence-corrected chi connectivity index (χ4v) is 3.24. The van der Waals surface area contributed by atoms with Gasteiger partial charge in [-0.1, -0.05) is 11.3 Å². The lowest BCUT2D eigenvalue weighted by molar-refractivity contribution is 0.0952. The second kappa shape index (κ2) is 7.05. The second-order valence-corrected chi connectivity index (χ2v) is 6.41. The van der Waals surface area contributed by atoms with Gasteiger partial charge < -0.3 is 15.5 Å². The number of aromatic nitrogens is 1. The molecule has 0 aromatic carbocycles. The van der Waals surface area contributed by atoms with Crippen LogP contribution in [-0.4, -0.2) is 55.9 Å². The van der Waals surface area contributed by atoms with Crippen LogP contribution in [0.5, 0.6) is 0 Å². The summed E-state index contributed by atoms with van der Waals surface area (Å²) in [4.78, 5) is 22.9. The van der Waals surface area contributed by atoms with Gasteiger partial charge in [0.15, 0.2) is 5.01 Å². The number of nitrogens with zero attached hydrogens (tertiary/aromatic N) is 3. The normalized spacial score (nSPS) is 13.7. The van der Waals surface area contributed by atoms with Gasteiger partial charge in [0.2, 0.25) is 0 Å². The fourth-order valence-electron chi connectivity index (χ4n) is 1.77. The molecule has 0 aliphatic carbocycles. The lowest BCUT2D eigenvalue weighted by Gasteiger charge is -2.08. The Labute approximate surface area is 126 Å². The number of carbonyl (C=O) groups excluding carboxylic acids is 1. The van der Waals surface area contributed by atoms with E-state index in [0.717, 1.165) is 28.0 Å². The molecule has 1 amide bonds. The Hall–Kier alpha value is -1.12. The summed E-state index contributed by atoms with van der Waals surface area (Å²) in [6.45, 7) is 2.17. The minimum absolute atomic E-state index is 0.112. The quantitative estimate of drug-likeness (QED) is 0.689. The standard InChI is InChI=1S/C12H19N5OS2/c1-17(2)6-4-5-13-9(18)12-16-8-10(19-3)14-7-15-11(8)20-12/h14H,4-7H2,1-3H3,(H,13,18). The molecule has 110 valence electrons. The molecule has 1 aliphatic rings. The van der Waals surface area contributed by atoms with Crippen LogP contribution in [0.15, 0.2) is 4.99 Å². The number of amides is 1. The van der Waals surface area contributed by atoms with E-state index in [0.29, 0.717) is 18.2 Å². The summed E-state index contributed by atoms with van der Waals surface area (Å²) in [6.07, 6.45) is 2.91. The van der Waals surface area contributed by atoms with E-state index >= 15 is 0 Å². The smallest absolute Gasteiger partial charge is 0.280 e. The van der Waals surface area contributed by atoms with Crippen LogP contribution in [0, 0.1) is 0 Å². The molecule has 1 aromatic rings. The highest BCUT2D eigenvalue weighted by molar-refractivity contribution is 8.07. The molecule has 1 aromatic heterocycles. The lowest BCUT2D eigenvalue weighted by atomic mass is 10.4. The molecule has 0 fully saturated rings. The van der Waals surface area contributed by atoms with Gasteiger partial charge in [-0.3, -0.25) is 9.79 Å². The molecule has 0 unspecified atom stereocenters. The number of carbonyl (C=O) groups is 1. The molecule has 8 heteroatoms. The average molecular weight is 313 g/mol. The van der Waals surface area contributed by atoms with Crippen LogP contribution in [0.2, 0.25) is 0 Å². The highest BCUT2D eigenvalue weighted by atomic mass is 32.2. The summed E-state index contributed by atoms with van der Waals surface area (Å²) in [5.74, 6) is -0.112. The first-order valence-corrected chi connectivity index (χ1v) is 8.42. The van der Waals surface area contributed by atoms with Gasteiger partial charge >= 0.3 is 0 Å². The SMILES string of the molecule is CSC1=c2nc(C(=O)NCCCN(C)C)sc2=NCN1. The number of thioether (sulfide) groups is 1. The Balaban J connectivity index is 2.04. The Morgan fingerprint density at radius 2 is 2.35 bits per heavy atom. The largest absolute Gasteiger partial charge is 0.359 e. The van der Waals surface area contributed by atoms with Gasteiger partial charge in [0.25, 0.3) is 5.91 Å². The molecule has 0 atom stereocenters. The predicted octanol–water partition coefficient (Wildman–Crippen LogP) is -0.566. The number of hydrogen-bond donors (Lipinski definition) is 2. The molecular formula is C12H19N5OS2. The van der Waals surface area contributed by atoms with Crippen molar-refractivity contribution in [3.63, 3.8) is 0 Å². The first kappa shape index (κ1) is 15.3. The molecule has 0 bridgehead atoms. The van der Waals surface area contributed by atoms with Gasteiger partial charge in [-0.05, 0) is 33.3 Å². The highest BCUT2D eigenvalue weighted by Gasteiger charge is 2.14. The van der Waals surface area contributed by atoms with Crippen molar-refractivity contribution < 1.29 is 4.79 Å². The summed E-state index contributed by atoms with van der Waals surface area (Å²) >= 11 is 2.94. The molecule has 0 saturated carbocycles. The van der Waals surface area contributed by atoms with Gasteiger partial charge in [-0.15, -0.1) is 11.8 Å². The molecular weight excluding hydrogens is 294 g/mol. The molecule has 0 spiro atoms. The minimum atomic E-state index is -0.112. The number of thiazole rings is 1. The van der Waals surface area contributed by atoms with E-state index in [1.807, 2.05) is 20.4 Å². The zero-order valence-electron chi connectivity index (χ0n) is 11.9. The number of rotatable bonds is 6. The number of hydrogen-bond acceptors (Lipinski definition) is 7. The average Bonchev–Trinajstić information content (AvgIpc) is 2.87. The zero-order chi connectivity index (χ0) is 14.5. The van der Waals surface area contributed by atoms with Crippen molar-refractivity contribution in [2.24, 2.45) is 4.99 Å². The predicted molar refractivity (Wildman–Crippen MR) is 83.3 cm³/mol. The van der Waals surface area contributed by atoms with E-state index in [2.05, 4.69) is 25.5 Å². The molecule has 2 N–H and O–H groups in total. The Bertz CT molecular complexity index is 595. The summed E-state index contributed by atoms with van der Waals surface area (Å²) in [6, 6.07) is 0. The third kappa shape index (κ3) is 3.71. The monoisotopic (exact) mass is 313 g/mol. The van der Waals surface area contributed by atoms with Crippen LogP contribution in [0.4, 0.5) is 0 Å². The summed E-state index contributed by atoms with van der Waals surface area (Å²) in [7, 11) is 4.04. The van der Waals surface area contributed by atoms with Crippen LogP contribution in [0.25, 0.3) is 5.03 Å². The summed E-state index contributed by atoms with van der Waals surface area (Å²) in [5, 5.41) is 8.33. The van der Waals surface area contributed by atoms with Gasteiger partial charge in [-0.25, -0.2) is 4.98 Å². The third-order valence-electron chi connectivity index (χ3n) is 2.75. The van der Waals surface area contributed by atoms with Crippen molar-refractivity contribution in [2.45, 2.75) is 6.42 Å². The van der Waals surface area contributed by atoms with Crippen molar-refractivity contribution in [2.75, 3.05) is 40.1 Å². The van der Waals surface area contributed by atoms with Gasteiger partial charge in [0.05, 0.1) is 5.03 Å². The zero-order valence-corrected chi connectivity index (χ0v) is 13.5. The Morgan fingerprint density at radius 3 is 3.05 bits per heavy atom. The molecule has 0 radical (unpaired) electrons. The van der Waals surface area contributed by atoms with Crippen LogP contribution in [0.3, 0.4) is 0 Å². The summed E-state index contributed by atoms with van der Waals surface area (Å²) < 4.78 is 0.839. The van der Waals surface area contributed by atoms with Crippen LogP contribution >= 0.6 is 23.1 Å². The highest BCUT2D eigenvalue weighted by Crippen LogP contribution is 2.08. The van der Waals surface area contributed by atoms with Crippen molar-refractivity contribution in [1.29, 1.82) is 0 Å². The topological polar surface area (TPSA) is 69.6 Å². The fraction of sp³-hybridized carbons (Fsp3) is 0.583. The van der Waals surface area contributed by atoms with Crippen molar-refractivity contribution >= 4 is 34.0 Å². The van der Waals surface area contributed by atoms with Gasteiger partial charge in [-0.2, -0.15) is 0 Å². The van der Waals surface area contributed by atoms with E-state index in [4.69, 9.17) is 0 Å². The van der Waals surface area contributed by atoms with E-state index in [9.17, 15) is 4.79 Å². The van der Waals surface area contributed by atoms with Crippen molar-refractivity contribution in [1.82, 2.24) is 20.5 Å². The third-order valence-corrected chi connectivity index (χ3v) is 4.48. The van der Waals surface area contributed by atoms with Crippen LogP contribution in [0.1, 0.15) is 16.2 Å². The van der Waals surface area contributed by atoms with E-state index in [-0.39, 0.29) is 5.91 Å². The molecule has 20 heavy (non-hydrogen) atoms. The maximum absolute atomic E-state index is 12.0. The molecule has 0 saturated heterocycles. The minimum Gasteiger partial charge on any atom is -0.359 e. The maximum atomic E-state index is 12.0. The first-order chi connectivity index (χ1) is 9.61. The van der Waals surface area contributed by atoms with Gasteiger partial charge in [0.1, 0.15) is 16.7 Å². The van der Waals surface area contributed by atoms with Crippen LogP contribution in [-0.2, 0) is 0 Å². The van der Waals surface area contributed by atoms with E-state index in [1.165, 1.54) is 11.3 Å². The summed E-state index contributed by atoms with van der Waals surface area (Å²) in [5.41, 5.74) is 0.